The fourth-order valence-electron chi connectivity index (χ4n) is 2.75. The summed E-state index contributed by atoms with van der Waals surface area (Å²) in [5, 5.41) is 0. The van der Waals surface area contributed by atoms with Crippen LogP contribution in [0.2, 0.25) is 0 Å². The molecule has 0 amide bonds. The number of rotatable bonds is 18. The van der Waals surface area contributed by atoms with E-state index in [-0.39, 0.29) is 0 Å². The van der Waals surface area contributed by atoms with E-state index in [0.29, 0.717) is 11.5 Å². The van der Waals surface area contributed by atoms with Gasteiger partial charge in [0.25, 0.3) is 0 Å². The smallest absolute Gasteiger partial charge is 0.119 e. The summed E-state index contributed by atoms with van der Waals surface area (Å²) in [6.45, 7) is 12.4. The van der Waals surface area contributed by atoms with Crippen LogP contribution in [0.15, 0.2) is 49.0 Å². The summed E-state index contributed by atoms with van der Waals surface area (Å²) >= 11 is 0. The normalized spacial score (nSPS) is 11.4. The quantitative estimate of drug-likeness (QED) is 0.137. The van der Waals surface area contributed by atoms with Gasteiger partial charge < -0.3 is 4.74 Å². The van der Waals surface area contributed by atoms with Gasteiger partial charge in [-0.05, 0) is 37.8 Å². The number of allylic oxidation sites excluding steroid dienone is 4. The van der Waals surface area contributed by atoms with Crippen molar-refractivity contribution in [3.8, 4) is 0 Å². The molecule has 0 fully saturated rings. The Kier molecular flexibility index (Phi) is 18.1. The van der Waals surface area contributed by atoms with E-state index in [1.54, 1.807) is 0 Å². The summed E-state index contributed by atoms with van der Waals surface area (Å²) in [7, 11) is 0. The lowest BCUT2D eigenvalue weighted by Crippen LogP contribution is -1.85. The van der Waals surface area contributed by atoms with Gasteiger partial charge in [0.1, 0.15) is 11.5 Å². The van der Waals surface area contributed by atoms with Crippen LogP contribution in [0.1, 0.15) is 104 Å². The molecule has 0 N–H and O–H groups in total. The van der Waals surface area contributed by atoms with Crippen molar-refractivity contribution < 1.29 is 4.74 Å². The largest absolute Gasteiger partial charge is 0.459 e. The van der Waals surface area contributed by atoms with E-state index >= 15 is 0 Å². The Hall–Kier alpha value is -1.24. The SMILES string of the molecule is C=C(C=CCCCCCCCC)OC(=C)C=CCCCCCCCC. The molecule has 0 aromatic heterocycles. The van der Waals surface area contributed by atoms with Crippen LogP contribution in [0.3, 0.4) is 0 Å². The highest BCUT2D eigenvalue weighted by atomic mass is 16.5. The van der Waals surface area contributed by atoms with Gasteiger partial charge in [0, 0.05) is 0 Å². The second kappa shape index (κ2) is 19.1. The van der Waals surface area contributed by atoms with Gasteiger partial charge in [-0.1, -0.05) is 103 Å². The van der Waals surface area contributed by atoms with Crippen LogP contribution < -0.4 is 0 Å². The van der Waals surface area contributed by atoms with Crippen molar-refractivity contribution in [3.05, 3.63) is 49.0 Å². The van der Waals surface area contributed by atoms with Crippen molar-refractivity contribution in [1.82, 2.24) is 0 Å². The van der Waals surface area contributed by atoms with Gasteiger partial charge in [-0.15, -0.1) is 0 Å². The zero-order valence-corrected chi connectivity index (χ0v) is 17.0. The van der Waals surface area contributed by atoms with Crippen LogP contribution in [-0.2, 0) is 4.74 Å². The van der Waals surface area contributed by atoms with Crippen molar-refractivity contribution in [2.24, 2.45) is 0 Å². The first-order chi connectivity index (χ1) is 12.2. The molecule has 0 rings (SSSR count). The van der Waals surface area contributed by atoms with Crippen molar-refractivity contribution in [2.75, 3.05) is 0 Å². The topological polar surface area (TPSA) is 9.23 Å². The van der Waals surface area contributed by atoms with Gasteiger partial charge in [0.15, 0.2) is 0 Å². The van der Waals surface area contributed by atoms with Crippen molar-refractivity contribution >= 4 is 0 Å². The molecule has 0 saturated carbocycles. The summed E-state index contributed by atoms with van der Waals surface area (Å²) in [5.74, 6) is 1.36. The monoisotopic (exact) mass is 346 g/mol. The molecule has 1 nitrogen and oxygen atoms in total. The second-order valence-corrected chi connectivity index (χ2v) is 6.95. The minimum absolute atomic E-state index is 0.681. The van der Waals surface area contributed by atoms with Crippen LogP contribution in [0.5, 0.6) is 0 Å². The molecule has 0 aromatic rings. The summed E-state index contributed by atoms with van der Waals surface area (Å²) in [6.07, 6.45) is 26.5. The fourth-order valence-corrected chi connectivity index (χ4v) is 2.75. The maximum absolute atomic E-state index is 5.61. The van der Waals surface area contributed by atoms with E-state index in [1.807, 2.05) is 12.2 Å². The van der Waals surface area contributed by atoms with Crippen molar-refractivity contribution in [1.29, 1.82) is 0 Å². The molecule has 0 spiro atoms. The Labute approximate surface area is 157 Å². The number of hydrogen-bond donors (Lipinski definition) is 0. The van der Waals surface area contributed by atoms with E-state index in [1.165, 1.54) is 77.0 Å². The second-order valence-electron chi connectivity index (χ2n) is 6.95. The predicted molar refractivity (Wildman–Crippen MR) is 114 cm³/mol. The molecule has 0 aliphatic rings. The van der Waals surface area contributed by atoms with Crippen molar-refractivity contribution in [3.63, 3.8) is 0 Å². The maximum atomic E-state index is 5.61. The number of unbranched alkanes of at least 4 members (excludes halogenated alkanes) is 12. The molecule has 1 heteroatoms. The third-order valence-electron chi connectivity index (χ3n) is 4.32. The molecule has 144 valence electrons. The summed E-state index contributed by atoms with van der Waals surface area (Å²) in [5.41, 5.74) is 0. The maximum Gasteiger partial charge on any atom is 0.119 e. The highest BCUT2D eigenvalue weighted by Gasteiger charge is 1.93. The van der Waals surface area contributed by atoms with Gasteiger partial charge in [-0.3, -0.25) is 0 Å². The highest BCUT2D eigenvalue weighted by molar-refractivity contribution is 5.15. The Morgan fingerprint density at radius 2 is 0.960 bits per heavy atom. The molecule has 25 heavy (non-hydrogen) atoms. The van der Waals surface area contributed by atoms with E-state index in [4.69, 9.17) is 4.74 Å². The standard InChI is InChI=1S/C24H42O/c1-5-7-9-11-13-15-17-19-21-23(3)25-24(4)22-20-18-16-14-12-10-8-6-2/h19-22H,3-18H2,1-2H3. The Balaban J connectivity index is 3.58. The first kappa shape index (κ1) is 23.8. The van der Waals surface area contributed by atoms with E-state index in [0.717, 1.165) is 12.8 Å². The lowest BCUT2D eigenvalue weighted by Gasteiger charge is -2.04. The first-order valence-corrected chi connectivity index (χ1v) is 10.6. The van der Waals surface area contributed by atoms with Gasteiger partial charge >= 0.3 is 0 Å². The van der Waals surface area contributed by atoms with E-state index in [9.17, 15) is 0 Å². The Morgan fingerprint density at radius 3 is 1.36 bits per heavy atom. The highest BCUT2D eigenvalue weighted by Crippen LogP contribution is 2.11. The molecular formula is C24H42O. The number of hydrogen-bond acceptors (Lipinski definition) is 1. The molecule has 0 aromatic carbocycles. The molecule has 0 saturated heterocycles. The third-order valence-corrected chi connectivity index (χ3v) is 4.32. The third kappa shape index (κ3) is 18.9. The van der Waals surface area contributed by atoms with Crippen LogP contribution in [0.4, 0.5) is 0 Å². The summed E-state index contributed by atoms with van der Waals surface area (Å²) in [4.78, 5) is 0. The predicted octanol–water partition coefficient (Wildman–Crippen LogP) is 8.64. The Bertz CT molecular complexity index is 340. The summed E-state index contributed by atoms with van der Waals surface area (Å²) in [6, 6.07) is 0. The fraction of sp³-hybridized carbons (Fsp3) is 0.667. The van der Waals surface area contributed by atoms with Gasteiger partial charge in [-0.25, -0.2) is 0 Å². The van der Waals surface area contributed by atoms with Crippen LogP contribution in [-0.4, -0.2) is 0 Å². The van der Waals surface area contributed by atoms with E-state index < -0.39 is 0 Å². The molecule has 0 radical (unpaired) electrons. The average molecular weight is 347 g/mol. The first-order valence-electron chi connectivity index (χ1n) is 10.6. The molecular weight excluding hydrogens is 304 g/mol. The van der Waals surface area contributed by atoms with Gasteiger partial charge in [-0.2, -0.15) is 0 Å². The molecule has 0 aliphatic heterocycles. The van der Waals surface area contributed by atoms with Crippen LogP contribution in [0, 0.1) is 0 Å². The number of ether oxygens (including phenoxy) is 1. The minimum Gasteiger partial charge on any atom is -0.459 e. The lowest BCUT2D eigenvalue weighted by molar-refractivity contribution is 0.340. The Morgan fingerprint density at radius 1 is 0.600 bits per heavy atom. The zero-order chi connectivity index (χ0) is 18.6. The lowest BCUT2D eigenvalue weighted by atomic mass is 10.1. The van der Waals surface area contributed by atoms with Crippen molar-refractivity contribution in [2.45, 2.75) is 104 Å². The molecule has 0 aliphatic carbocycles. The van der Waals surface area contributed by atoms with Crippen LogP contribution >= 0.6 is 0 Å². The van der Waals surface area contributed by atoms with E-state index in [2.05, 4.69) is 39.2 Å². The molecule has 0 unspecified atom stereocenters. The molecule has 0 atom stereocenters. The average Bonchev–Trinajstić information content (AvgIpc) is 2.59. The van der Waals surface area contributed by atoms with Crippen LogP contribution in [0.25, 0.3) is 0 Å². The molecule has 0 heterocycles. The van der Waals surface area contributed by atoms with Gasteiger partial charge in [0.05, 0.1) is 0 Å². The van der Waals surface area contributed by atoms with Gasteiger partial charge in [0.2, 0.25) is 0 Å². The zero-order valence-electron chi connectivity index (χ0n) is 17.0. The summed E-state index contributed by atoms with van der Waals surface area (Å²) < 4.78 is 5.61. The minimum atomic E-state index is 0.681. The molecule has 0 bridgehead atoms.